The maximum absolute atomic E-state index is 13.3. The van der Waals surface area contributed by atoms with E-state index in [1.54, 1.807) is 30.2 Å². The van der Waals surface area contributed by atoms with Crippen molar-refractivity contribution in [2.24, 2.45) is 4.99 Å². The van der Waals surface area contributed by atoms with E-state index in [4.69, 9.17) is 4.74 Å². The molecule has 0 radical (unpaired) electrons. The third-order valence-electron chi connectivity index (χ3n) is 4.35. The van der Waals surface area contributed by atoms with E-state index in [-0.39, 0.29) is 11.9 Å². The molecule has 0 aliphatic rings. The van der Waals surface area contributed by atoms with Crippen LogP contribution in [0.2, 0.25) is 0 Å². The van der Waals surface area contributed by atoms with Crippen LogP contribution in [0, 0.1) is 5.82 Å². The van der Waals surface area contributed by atoms with Crippen molar-refractivity contribution in [3.63, 3.8) is 0 Å². The minimum absolute atomic E-state index is 0.0997. The Balaban J connectivity index is 1.48. The SMILES string of the molecule is CCC(CNC(=NC)NCc1ccc(-n2cncn2)cc1)Oc1cccc(F)c1. The van der Waals surface area contributed by atoms with Crippen molar-refractivity contribution in [2.75, 3.05) is 13.6 Å². The summed E-state index contributed by atoms with van der Waals surface area (Å²) in [5, 5.41) is 10.7. The first-order valence-corrected chi connectivity index (χ1v) is 9.48. The molecule has 1 aromatic heterocycles. The Bertz CT molecular complexity index is 911. The zero-order valence-corrected chi connectivity index (χ0v) is 16.5. The van der Waals surface area contributed by atoms with Gasteiger partial charge in [-0.15, -0.1) is 0 Å². The van der Waals surface area contributed by atoms with Crippen molar-refractivity contribution in [1.82, 2.24) is 25.4 Å². The summed E-state index contributed by atoms with van der Waals surface area (Å²) in [5.41, 5.74) is 2.06. The number of aromatic nitrogens is 3. The number of nitrogens with one attached hydrogen (secondary N) is 2. The summed E-state index contributed by atoms with van der Waals surface area (Å²) in [6.07, 6.45) is 3.85. The second kappa shape index (κ2) is 10.2. The van der Waals surface area contributed by atoms with Gasteiger partial charge in [0.25, 0.3) is 0 Å². The number of aliphatic imine (C=N–C) groups is 1. The van der Waals surface area contributed by atoms with Crippen molar-refractivity contribution in [1.29, 1.82) is 0 Å². The highest BCUT2D eigenvalue weighted by Crippen LogP contribution is 2.14. The van der Waals surface area contributed by atoms with Crippen LogP contribution in [0.25, 0.3) is 5.69 Å². The zero-order chi connectivity index (χ0) is 20.5. The third kappa shape index (κ3) is 6.03. The van der Waals surface area contributed by atoms with Gasteiger partial charge in [0, 0.05) is 19.7 Å². The van der Waals surface area contributed by atoms with Gasteiger partial charge in [0.15, 0.2) is 5.96 Å². The quantitative estimate of drug-likeness (QED) is 0.452. The lowest BCUT2D eigenvalue weighted by Gasteiger charge is -2.20. The Morgan fingerprint density at radius 2 is 2.03 bits per heavy atom. The molecule has 8 heteroatoms. The first-order chi connectivity index (χ1) is 14.2. The van der Waals surface area contributed by atoms with E-state index < -0.39 is 0 Å². The molecule has 0 amide bonds. The highest BCUT2D eigenvalue weighted by atomic mass is 19.1. The summed E-state index contributed by atoms with van der Waals surface area (Å²) in [6, 6.07) is 14.2. The van der Waals surface area contributed by atoms with Crippen molar-refractivity contribution >= 4 is 5.96 Å². The van der Waals surface area contributed by atoms with Gasteiger partial charge in [-0.3, -0.25) is 4.99 Å². The molecule has 0 spiro atoms. The lowest BCUT2D eigenvalue weighted by Crippen LogP contribution is -2.42. The molecule has 1 unspecified atom stereocenters. The van der Waals surface area contributed by atoms with E-state index in [2.05, 4.69) is 25.7 Å². The predicted molar refractivity (Wildman–Crippen MR) is 111 cm³/mol. The highest BCUT2D eigenvalue weighted by Gasteiger charge is 2.10. The van der Waals surface area contributed by atoms with Gasteiger partial charge in [0.1, 0.15) is 30.3 Å². The Kier molecular flexibility index (Phi) is 7.16. The first-order valence-electron chi connectivity index (χ1n) is 9.48. The Morgan fingerprint density at radius 1 is 1.21 bits per heavy atom. The number of hydrogen-bond acceptors (Lipinski definition) is 4. The number of benzene rings is 2. The standard InChI is InChI=1S/C21H25FN6O/c1-3-19(29-20-6-4-5-17(22)11-20)13-26-21(23-2)25-12-16-7-9-18(10-8-16)28-15-24-14-27-28/h4-11,14-15,19H,3,12-13H2,1-2H3,(H2,23,25,26). The fourth-order valence-electron chi connectivity index (χ4n) is 2.73. The van der Waals surface area contributed by atoms with Crippen LogP contribution >= 0.6 is 0 Å². The van der Waals surface area contributed by atoms with Gasteiger partial charge >= 0.3 is 0 Å². The molecule has 0 bridgehead atoms. The van der Waals surface area contributed by atoms with Crippen LogP contribution < -0.4 is 15.4 Å². The Labute approximate surface area is 169 Å². The van der Waals surface area contributed by atoms with E-state index in [1.165, 1.54) is 18.5 Å². The van der Waals surface area contributed by atoms with Gasteiger partial charge in [0.05, 0.1) is 12.2 Å². The minimum atomic E-state index is -0.308. The molecule has 0 saturated heterocycles. The molecule has 7 nitrogen and oxygen atoms in total. The molecule has 2 aromatic carbocycles. The van der Waals surface area contributed by atoms with E-state index in [9.17, 15) is 4.39 Å². The monoisotopic (exact) mass is 396 g/mol. The molecule has 1 atom stereocenters. The summed E-state index contributed by atoms with van der Waals surface area (Å²) in [7, 11) is 1.72. The second-order valence-corrected chi connectivity index (χ2v) is 6.42. The van der Waals surface area contributed by atoms with E-state index in [1.807, 2.05) is 31.2 Å². The van der Waals surface area contributed by atoms with E-state index >= 15 is 0 Å². The number of hydrogen-bond donors (Lipinski definition) is 2. The molecule has 3 aromatic rings. The highest BCUT2D eigenvalue weighted by molar-refractivity contribution is 5.79. The molecule has 0 aliphatic carbocycles. The Hall–Kier alpha value is -3.42. The lowest BCUT2D eigenvalue weighted by molar-refractivity contribution is 0.199. The average molecular weight is 396 g/mol. The molecule has 1 heterocycles. The topological polar surface area (TPSA) is 76.4 Å². The number of halogens is 1. The fourth-order valence-corrected chi connectivity index (χ4v) is 2.73. The first kappa shape index (κ1) is 20.3. The number of rotatable bonds is 8. The maximum atomic E-state index is 13.3. The van der Waals surface area contributed by atoms with Crippen molar-refractivity contribution in [2.45, 2.75) is 26.0 Å². The third-order valence-corrected chi connectivity index (χ3v) is 4.35. The Morgan fingerprint density at radius 3 is 2.69 bits per heavy atom. The van der Waals surface area contributed by atoms with Gasteiger partial charge in [-0.25, -0.2) is 14.1 Å². The molecule has 0 aliphatic heterocycles. The lowest BCUT2D eigenvalue weighted by atomic mass is 10.2. The fraction of sp³-hybridized carbons (Fsp3) is 0.286. The summed E-state index contributed by atoms with van der Waals surface area (Å²) in [5.74, 6) is 0.887. The van der Waals surface area contributed by atoms with E-state index in [0.717, 1.165) is 17.7 Å². The summed E-state index contributed by atoms with van der Waals surface area (Å²) in [6.45, 7) is 3.20. The van der Waals surface area contributed by atoms with Gasteiger partial charge in [-0.05, 0) is 36.2 Å². The predicted octanol–water partition coefficient (Wildman–Crippen LogP) is 2.93. The molecule has 2 N–H and O–H groups in total. The molecule has 0 fully saturated rings. The molecule has 29 heavy (non-hydrogen) atoms. The molecular weight excluding hydrogens is 371 g/mol. The zero-order valence-electron chi connectivity index (χ0n) is 16.5. The minimum Gasteiger partial charge on any atom is -0.489 e. The van der Waals surface area contributed by atoms with Crippen LogP contribution in [0.1, 0.15) is 18.9 Å². The smallest absolute Gasteiger partial charge is 0.191 e. The van der Waals surface area contributed by atoms with Crippen LogP contribution in [0.5, 0.6) is 5.75 Å². The number of nitrogens with zero attached hydrogens (tertiary/aromatic N) is 4. The van der Waals surface area contributed by atoms with Crippen LogP contribution in [0.3, 0.4) is 0 Å². The molecular formula is C21H25FN6O. The van der Waals surface area contributed by atoms with Crippen molar-refractivity contribution in [3.8, 4) is 11.4 Å². The molecule has 3 rings (SSSR count). The van der Waals surface area contributed by atoms with Crippen LogP contribution in [0.4, 0.5) is 4.39 Å². The van der Waals surface area contributed by atoms with Crippen molar-refractivity contribution < 1.29 is 9.13 Å². The maximum Gasteiger partial charge on any atom is 0.191 e. The largest absolute Gasteiger partial charge is 0.489 e. The van der Waals surface area contributed by atoms with Gasteiger partial charge in [-0.1, -0.05) is 25.1 Å². The van der Waals surface area contributed by atoms with Crippen LogP contribution in [0.15, 0.2) is 66.2 Å². The van der Waals surface area contributed by atoms with E-state index in [0.29, 0.717) is 24.8 Å². The summed E-state index contributed by atoms with van der Waals surface area (Å²) < 4.78 is 20.9. The molecule has 0 saturated carbocycles. The van der Waals surface area contributed by atoms with Crippen LogP contribution in [-0.2, 0) is 6.54 Å². The molecule has 152 valence electrons. The summed E-state index contributed by atoms with van der Waals surface area (Å²) >= 11 is 0. The van der Waals surface area contributed by atoms with Gasteiger partial charge < -0.3 is 15.4 Å². The van der Waals surface area contributed by atoms with Crippen molar-refractivity contribution in [3.05, 3.63) is 72.6 Å². The summed E-state index contributed by atoms with van der Waals surface area (Å²) in [4.78, 5) is 8.20. The number of guanidine groups is 1. The average Bonchev–Trinajstić information content (AvgIpc) is 3.28. The number of ether oxygens (including phenoxy) is 1. The van der Waals surface area contributed by atoms with Gasteiger partial charge in [-0.2, -0.15) is 5.10 Å². The van der Waals surface area contributed by atoms with Crippen LogP contribution in [-0.4, -0.2) is 40.4 Å². The second-order valence-electron chi connectivity index (χ2n) is 6.42. The normalized spacial score (nSPS) is 12.4. The van der Waals surface area contributed by atoms with Gasteiger partial charge in [0.2, 0.25) is 0 Å².